The van der Waals surface area contributed by atoms with Crippen molar-refractivity contribution in [1.29, 1.82) is 0 Å². The highest BCUT2D eigenvalue weighted by Gasteiger charge is 2.10. The third kappa shape index (κ3) is 6.75. The molecule has 1 aromatic carbocycles. The van der Waals surface area contributed by atoms with Gasteiger partial charge < -0.3 is 10.2 Å². The Morgan fingerprint density at radius 2 is 1.48 bits per heavy atom. The average Bonchev–Trinajstić information content (AvgIpc) is 2.50. The molecule has 0 bridgehead atoms. The zero-order valence-corrected chi connectivity index (χ0v) is 14.3. The van der Waals surface area contributed by atoms with E-state index < -0.39 is 0 Å². The van der Waals surface area contributed by atoms with E-state index in [2.05, 4.69) is 26.0 Å². The smallest absolute Gasteiger partial charge is 0.122 e. The molecule has 0 atom stereocenters. The second kappa shape index (κ2) is 11.0. The van der Waals surface area contributed by atoms with Crippen molar-refractivity contribution in [3.05, 3.63) is 23.3 Å². The van der Waals surface area contributed by atoms with Crippen molar-refractivity contribution in [2.75, 3.05) is 12.4 Å². The molecule has 0 amide bonds. The van der Waals surface area contributed by atoms with Gasteiger partial charge in [-0.05, 0) is 67.5 Å². The van der Waals surface area contributed by atoms with Crippen molar-refractivity contribution in [2.24, 2.45) is 0 Å². The Morgan fingerprint density at radius 1 is 0.905 bits per heavy atom. The van der Waals surface area contributed by atoms with Crippen molar-refractivity contribution in [3.8, 4) is 5.75 Å². The van der Waals surface area contributed by atoms with Crippen molar-refractivity contribution in [1.82, 2.24) is 0 Å². The molecule has 0 saturated carbocycles. The lowest BCUT2D eigenvalue weighted by atomic mass is 10.0. The Bertz CT molecular complexity index is 375. The fourth-order valence-electron chi connectivity index (χ4n) is 2.33. The molecule has 0 radical (unpaired) electrons. The second-order valence-corrected chi connectivity index (χ2v) is 6.74. The van der Waals surface area contributed by atoms with Gasteiger partial charge in [0.2, 0.25) is 0 Å². The van der Waals surface area contributed by atoms with E-state index in [0.717, 1.165) is 68.2 Å². The normalized spacial score (nSPS) is 11.0. The van der Waals surface area contributed by atoms with E-state index in [1.54, 1.807) is 0 Å². The Balaban J connectivity index is 2.79. The van der Waals surface area contributed by atoms with Crippen LogP contribution in [0.2, 0.25) is 0 Å². The van der Waals surface area contributed by atoms with Crippen LogP contribution < -0.4 is 0 Å². The number of aliphatic hydroxyl groups excluding tert-OH is 1. The molecule has 0 spiro atoms. The summed E-state index contributed by atoms with van der Waals surface area (Å²) in [6, 6.07) is 4.31. The summed E-state index contributed by atoms with van der Waals surface area (Å²) >= 11 is 1.84. The summed E-state index contributed by atoms with van der Waals surface area (Å²) in [5.41, 5.74) is 2.21. The highest BCUT2D eigenvalue weighted by atomic mass is 32.2. The third-order valence-electron chi connectivity index (χ3n) is 3.66. The van der Waals surface area contributed by atoms with E-state index in [9.17, 15) is 5.11 Å². The summed E-state index contributed by atoms with van der Waals surface area (Å²) in [6.07, 6.45) is 8.39. The highest BCUT2D eigenvalue weighted by Crippen LogP contribution is 2.32. The van der Waals surface area contributed by atoms with Crippen LogP contribution in [0.25, 0.3) is 0 Å². The number of benzene rings is 1. The quantitative estimate of drug-likeness (QED) is 0.449. The first kappa shape index (κ1) is 18.4. The Hall–Kier alpha value is -0.670. The monoisotopic (exact) mass is 310 g/mol. The Morgan fingerprint density at radius 3 is 1.95 bits per heavy atom. The molecule has 0 saturated heterocycles. The van der Waals surface area contributed by atoms with E-state index in [1.165, 1.54) is 4.90 Å². The Kier molecular flexibility index (Phi) is 9.60. The van der Waals surface area contributed by atoms with Crippen LogP contribution in [0, 0.1) is 0 Å². The highest BCUT2D eigenvalue weighted by molar-refractivity contribution is 7.99. The van der Waals surface area contributed by atoms with Crippen LogP contribution in [0.3, 0.4) is 0 Å². The van der Waals surface area contributed by atoms with Crippen LogP contribution in [-0.4, -0.2) is 22.6 Å². The van der Waals surface area contributed by atoms with E-state index in [0.29, 0.717) is 5.75 Å². The van der Waals surface area contributed by atoms with Gasteiger partial charge in [0.1, 0.15) is 5.75 Å². The van der Waals surface area contributed by atoms with E-state index >= 15 is 0 Å². The van der Waals surface area contributed by atoms with Crippen LogP contribution >= 0.6 is 11.8 Å². The molecule has 0 unspecified atom stereocenters. The topological polar surface area (TPSA) is 40.5 Å². The van der Waals surface area contributed by atoms with Crippen LogP contribution in [0.4, 0.5) is 0 Å². The number of phenols is 1. The number of aliphatic hydroxyl groups is 1. The molecule has 0 fully saturated rings. The first-order valence-corrected chi connectivity index (χ1v) is 9.29. The van der Waals surface area contributed by atoms with Crippen LogP contribution in [-0.2, 0) is 12.8 Å². The van der Waals surface area contributed by atoms with Gasteiger partial charge in [-0.3, -0.25) is 0 Å². The third-order valence-corrected chi connectivity index (χ3v) is 4.72. The SMILES string of the molecule is CCCCc1cc(SCCCCO)cc(CCCC)c1O. The minimum absolute atomic E-state index is 0.277. The summed E-state index contributed by atoms with van der Waals surface area (Å²) in [7, 11) is 0. The minimum atomic E-state index is 0.277. The zero-order valence-electron chi connectivity index (χ0n) is 13.5. The first-order chi connectivity index (χ1) is 10.2. The molecule has 3 heteroatoms. The van der Waals surface area contributed by atoms with Gasteiger partial charge in [0, 0.05) is 11.5 Å². The number of rotatable bonds is 11. The second-order valence-electron chi connectivity index (χ2n) is 5.58. The van der Waals surface area contributed by atoms with Gasteiger partial charge >= 0.3 is 0 Å². The maximum atomic E-state index is 10.4. The van der Waals surface area contributed by atoms with E-state index in [4.69, 9.17) is 5.11 Å². The van der Waals surface area contributed by atoms with Crippen LogP contribution in [0.1, 0.15) is 63.5 Å². The summed E-state index contributed by atoms with van der Waals surface area (Å²) in [5, 5.41) is 19.3. The molecule has 2 N–H and O–H groups in total. The molecular formula is C18H30O2S. The fraction of sp³-hybridized carbons (Fsp3) is 0.667. The number of hydrogen-bond acceptors (Lipinski definition) is 3. The number of aromatic hydroxyl groups is 1. The zero-order chi connectivity index (χ0) is 15.5. The van der Waals surface area contributed by atoms with Gasteiger partial charge in [-0.15, -0.1) is 11.8 Å². The molecule has 0 aromatic heterocycles. The summed E-state index contributed by atoms with van der Waals surface area (Å²) in [5.74, 6) is 1.56. The fourth-order valence-corrected chi connectivity index (χ4v) is 3.37. The largest absolute Gasteiger partial charge is 0.507 e. The maximum Gasteiger partial charge on any atom is 0.122 e. The number of thioether (sulfide) groups is 1. The predicted octanol–water partition coefficient (Wildman–Crippen LogP) is 4.94. The molecule has 1 aromatic rings. The number of phenolic OH excluding ortho intramolecular Hbond substituents is 1. The molecule has 0 heterocycles. The number of hydrogen-bond donors (Lipinski definition) is 2. The predicted molar refractivity (Wildman–Crippen MR) is 92.4 cm³/mol. The van der Waals surface area contributed by atoms with Crippen molar-refractivity contribution < 1.29 is 10.2 Å². The van der Waals surface area contributed by atoms with Gasteiger partial charge in [-0.1, -0.05) is 26.7 Å². The molecule has 0 aliphatic rings. The molecule has 0 aliphatic heterocycles. The number of unbranched alkanes of at least 4 members (excludes halogenated alkanes) is 3. The van der Waals surface area contributed by atoms with Crippen LogP contribution in [0.5, 0.6) is 5.75 Å². The lowest BCUT2D eigenvalue weighted by Crippen LogP contribution is -1.94. The summed E-state index contributed by atoms with van der Waals surface area (Å²) in [4.78, 5) is 1.27. The van der Waals surface area contributed by atoms with Gasteiger partial charge in [0.25, 0.3) is 0 Å². The van der Waals surface area contributed by atoms with E-state index in [-0.39, 0.29) is 6.61 Å². The van der Waals surface area contributed by atoms with Crippen molar-refractivity contribution in [3.63, 3.8) is 0 Å². The Labute approximate surface area is 134 Å². The molecule has 120 valence electrons. The summed E-state index contributed by atoms with van der Waals surface area (Å²) < 4.78 is 0. The molecule has 1 rings (SSSR count). The molecule has 0 aliphatic carbocycles. The van der Waals surface area contributed by atoms with Gasteiger partial charge in [-0.2, -0.15) is 0 Å². The van der Waals surface area contributed by atoms with Crippen molar-refractivity contribution in [2.45, 2.75) is 70.1 Å². The van der Waals surface area contributed by atoms with E-state index in [1.807, 2.05) is 11.8 Å². The van der Waals surface area contributed by atoms with Crippen LogP contribution in [0.15, 0.2) is 17.0 Å². The van der Waals surface area contributed by atoms with Gasteiger partial charge in [0.15, 0.2) is 0 Å². The van der Waals surface area contributed by atoms with Crippen molar-refractivity contribution >= 4 is 11.8 Å². The van der Waals surface area contributed by atoms with Gasteiger partial charge in [0.05, 0.1) is 0 Å². The molecular weight excluding hydrogens is 280 g/mol. The molecule has 2 nitrogen and oxygen atoms in total. The lowest BCUT2D eigenvalue weighted by molar-refractivity contribution is 0.287. The average molecular weight is 311 g/mol. The molecule has 21 heavy (non-hydrogen) atoms. The lowest BCUT2D eigenvalue weighted by Gasteiger charge is -2.13. The first-order valence-electron chi connectivity index (χ1n) is 8.31. The maximum absolute atomic E-state index is 10.4. The minimum Gasteiger partial charge on any atom is -0.507 e. The number of aryl methyl sites for hydroxylation is 2. The standard InChI is InChI=1S/C18H30O2S/c1-3-5-9-15-13-17(21-12-8-7-11-19)14-16(18(15)20)10-6-4-2/h13-14,19-20H,3-12H2,1-2H3. The van der Waals surface area contributed by atoms with Gasteiger partial charge in [-0.25, -0.2) is 0 Å². The summed E-state index contributed by atoms with van der Waals surface area (Å²) in [6.45, 7) is 4.64.